The number of halogens is 1. The van der Waals surface area contributed by atoms with Crippen molar-refractivity contribution in [3.63, 3.8) is 0 Å². The molecule has 0 saturated heterocycles. The van der Waals surface area contributed by atoms with E-state index in [9.17, 15) is 0 Å². The summed E-state index contributed by atoms with van der Waals surface area (Å²) in [5.74, 6) is 0.753. The highest BCUT2D eigenvalue weighted by atomic mass is 35.5. The molecule has 2 heterocycles. The lowest BCUT2D eigenvalue weighted by molar-refractivity contribution is 0.573. The van der Waals surface area contributed by atoms with E-state index in [1.807, 2.05) is 11.6 Å². The Bertz CT molecular complexity index is 523. The summed E-state index contributed by atoms with van der Waals surface area (Å²) >= 11 is 5.77. The summed E-state index contributed by atoms with van der Waals surface area (Å²) in [5, 5.41) is 8.07. The van der Waals surface area contributed by atoms with Crippen molar-refractivity contribution in [3.05, 3.63) is 35.0 Å². The highest BCUT2D eigenvalue weighted by Gasteiger charge is 2.00. The summed E-state index contributed by atoms with van der Waals surface area (Å²) in [6.45, 7) is 5.79. The standard InChI is InChI=1S/C12H16ClN5/c1-9-6-10(2)18(17-9)5-3-4-14-12-7-11(13)15-8-16-12/h6-8H,3-5H2,1-2H3,(H,14,15,16). The molecule has 0 aromatic carbocycles. The second-order valence-corrected chi connectivity index (χ2v) is 4.54. The molecular formula is C12H16ClN5. The molecule has 0 atom stereocenters. The molecule has 0 radical (unpaired) electrons. The van der Waals surface area contributed by atoms with Gasteiger partial charge in [-0.3, -0.25) is 4.68 Å². The third-order valence-corrected chi connectivity index (χ3v) is 2.80. The van der Waals surface area contributed by atoms with Crippen molar-refractivity contribution >= 4 is 17.4 Å². The number of nitrogens with zero attached hydrogens (tertiary/aromatic N) is 4. The van der Waals surface area contributed by atoms with E-state index >= 15 is 0 Å². The fraction of sp³-hybridized carbons (Fsp3) is 0.417. The van der Waals surface area contributed by atoms with Crippen LogP contribution in [0.25, 0.3) is 0 Å². The monoisotopic (exact) mass is 265 g/mol. The topological polar surface area (TPSA) is 55.6 Å². The zero-order valence-electron chi connectivity index (χ0n) is 10.5. The van der Waals surface area contributed by atoms with Crippen molar-refractivity contribution in [1.29, 1.82) is 0 Å². The van der Waals surface area contributed by atoms with Crippen LogP contribution < -0.4 is 5.32 Å². The summed E-state index contributed by atoms with van der Waals surface area (Å²) in [6.07, 6.45) is 2.43. The molecule has 5 nitrogen and oxygen atoms in total. The SMILES string of the molecule is Cc1cc(C)n(CCCNc2cc(Cl)ncn2)n1. The molecule has 1 N–H and O–H groups in total. The first-order valence-corrected chi connectivity index (χ1v) is 6.25. The van der Waals surface area contributed by atoms with Gasteiger partial charge < -0.3 is 5.32 Å². The van der Waals surface area contributed by atoms with Gasteiger partial charge in [-0.15, -0.1) is 0 Å². The van der Waals surface area contributed by atoms with Gasteiger partial charge in [0, 0.05) is 24.8 Å². The smallest absolute Gasteiger partial charge is 0.134 e. The predicted molar refractivity (Wildman–Crippen MR) is 71.8 cm³/mol. The molecule has 0 saturated carbocycles. The number of hydrogen-bond acceptors (Lipinski definition) is 4. The fourth-order valence-electron chi connectivity index (χ4n) is 1.78. The summed E-state index contributed by atoms with van der Waals surface area (Å²) in [6, 6.07) is 3.79. The molecule has 96 valence electrons. The van der Waals surface area contributed by atoms with Crippen molar-refractivity contribution in [1.82, 2.24) is 19.7 Å². The zero-order valence-corrected chi connectivity index (χ0v) is 11.3. The second-order valence-electron chi connectivity index (χ2n) is 4.16. The minimum Gasteiger partial charge on any atom is -0.370 e. The first kappa shape index (κ1) is 12.8. The van der Waals surface area contributed by atoms with E-state index in [1.54, 1.807) is 6.07 Å². The van der Waals surface area contributed by atoms with Crippen LogP contribution in [0.15, 0.2) is 18.5 Å². The molecule has 2 aromatic heterocycles. The van der Waals surface area contributed by atoms with Gasteiger partial charge in [-0.05, 0) is 26.3 Å². The number of rotatable bonds is 5. The number of hydrogen-bond donors (Lipinski definition) is 1. The minimum atomic E-state index is 0.450. The Morgan fingerprint density at radius 1 is 1.28 bits per heavy atom. The van der Waals surface area contributed by atoms with Gasteiger partial charge in [0.2, 0.25) is 0 Å². The van der Waals surface area contributed by atoms with E-state index < -0.39 is 0 Å². The Morgan fingerprint density at radius 3 is 2.78 bits per heavy atom. The van der Waals surface area contributed by atoms with Gasteiger partial charge >= 0.3 is 0 Å². The summed E-state index contributed by atoms with van der Waals surface area (Å²) < 4.78 is 2.02. The van der Waals surface area contributed by atoms with Crippen LogP contribution in [0, 0.1) is 13.8 Å². The number of anilines is 1. The van der Waals surface area contributed by atoms with E-state index in [0.29, 0.717) is 5.15 Å². The van der Waals surface area contributed by atoms with Crippen molar-refractivity contribution in [2.45, 2.75) is 26.8 Å². The lowest BCUT2D eigenvalue weighted by atomic mass is 10.4. The Labute approximate surface area is 111 Å². The molecular weight excluding hydrogens is 250 g/mol. The Morgan fingerprint density at radius 2 is 2.11 bits per heavy atom. The Balaban J connectivity index is 1.78. The first-order chi connectivity index (χ1) is 8.65. The zero-order chi connectivity index (χ0) is 13.0. The van der Waals surface area contributed by atoms with Crippen LogP contribution >= 0.6 is 11.6 Å². The van der Waals surface area contributed by atoms with Gasteiger partial charge in [0.15, 0.2) is 0 Å². The van der Waals surface area contributed by atoms with Crippen molar-refractivity contribution in [2.24, 2.45) is 0 Å². The lowest BCUT2D eigenvalue weighted by Crippen LogP contribution is -2.09. The quantitative estimate of drug-likeness (QED) is 0.666. The molecule has 0 amide bonds. The highest BCUT2D eigenvalue weighted by molar-refractivity contribution is 6.29. The summed E-state index contributed by atoms with van der Waals surface area (Å²) in [5.41, 5.74) is 2.25. The van der Waals surface area contributed by atoms with E-state index in [0.717, 1.165) is 31.0 Å². The lowest BCUT2D eigenvalue weighted by Gasteiger charge is -2.06. The fourth-order valence-corrected chi connectivity index (χ4v) is 1.92. The number of aryl methyl sites for hydroxylation is 3. The van der Waals surface area contributed by atoms with Crippen LogP contribution in [-0.4, -0.2) is 26.3 Å². The molecule has 0 aliphatic heterocycles. The second kappa shape index (κ2) is 5.82. The highest BCUT2D eigenvalue weighted by Crippen LogP contribution is 2.08. The molecule has 0 fully saturated rings. The molecule has 18 heavy (non-hydrogen) atoms. The van der Waals surface area contributed by atoms with E-state index in [4.69, 9.17) is 11.6 Å². The van der Waals surface area contributed by atoms with Gasteiger partial charge in [-0.2, -0.15) is 5.10 Å². The normalized spacial score (nSPS) is 10.6. The Hall–Kier alpha value is -1.62. The van der Waals surface area contributed by atoms with Crippen LogP contribution in [0.2, 0.25) is 5.15 Å². The van der Waals surface area contributed by atoms with Gasteiger partial charge in [-0.1, -0.05) is 11.6 Å². The molecule has 0 spiro atoms. The van der Waals surface area contributed by atoms with Gasteiger partial charge in [0.1, 0.15) is 17.3 Å². The molecule has 0 aliphatic rings. The summed E-state index contributed by atoms with van der Waals surface area (Å²) in [7, 11) is 0. The molecule has 6 heteroatoms. The van der Waals surface area contributed by atoms with Crippen LogP contribution in [0.5, 0.6) is 0 Å². The van der Waals surface area contributed by atoms with Crippen LogP contribution in [0.3, 0.4) is 0 Å². The van der Waals surface area contributed by atoms with E-state index in [2.05, 4.69) is 33.4 Å². The number of aromatic nitrogens is 4. The molecule has 0 aliphatic carbocycles. The molecule has 0 bridgehead atoms. The molecule has 2 aromatic rings. The Kier molecular flexibility index (Phi) is 4.15. The van der Waals surface area contributed by atoms with Crippen LogP contribution in [0.1, 0.15) is 17.8 Å². The van der Waals surface area contributed by atoms with Crippen molar-refractivity contribution < 1.29 is 0 Å². The molecule has 2 rings (SSSR count). The maximum atomic E-state index is 5.77. The number of nitrogens with one attached hydrogen (secondary N) is 1. The minimum absolute atomic E-state index is 0.450. The van der Waals surface area contributed by atoms with Crippen molar-refractivity contribution in [2.75, 3.05) is 11.9 Å². The van der Waals surface area contributed by atoms with Gasteiger partial charge in [-0.25, -0.2) is 9.97 Å². The van der Waals surface area contributed by atoms with Gasteiger partial charge in [0.25, 0.3) is 0 Å². The van der Waals surface area contributed by atoms with E-state index in [-0.39, 0.29) is 0 Å². The third-order valence-electron chi connectivity index (χ3n) is 2.59. The maximum absolute atomic E-state index is 5.77. The predicted octanol–water partition coefficient (Wildman–Crippen LogP) is 2.45. The third kappa shape index (κ3) is 3.43. The summed E-state index contributed by atoms with van der Waals surface area (Å²) in [4.78, 5) is 7.91. The average Bonchev–Trinajstić information content (AvgIpc) is 2.64. The van der Waals surface area contributed by atoms with Gasteiger partial charge in [0.05, 0.1) is 5.69 Å². The largest absolute Gasteiger partial charge is 0.370 e. The first-order valence-electron chi connectivity index (χ1n) is 5.87. The van der Waals surface area contributed by atoms with Crippen LogP contribution in [-0.2, 0) is 6.54 Å². The van der Waals surface area contributed by atoms with E-state index in [1.165, 1.54) is 12.0 Å². The van der Waals surface area contributed by atoms with Crippen LogP contribution in [0.4, 0.5) is 5.82 Å². The molecule has 0 unspecified atom stereocenters. The average molecular weight is 266 g/mol. The van der Waals surface area contributed by atoms with Crippen molar-refractivity contribution in [3.8, 4) is 0 Å². The maximum Gasteiger partial charge on any atom is 0.134 e.